The third-order valence-electron chi connectivity index (χ3n) is 2.97. The molecular weight excluding hydrogens is 266 g/mol. The predicted molar refractivity (Wildman–Crippen MR) is 70.7 cm³/mol. The fourth-order valence-electron chi connectivity index (χ4n) is 1.70. The van der Waals surface area contributed by atoms with Gasteiger partial charge in [0, 0.05) is 6.07 Å². The number of nitrogens with zero attached hydrogens (tertiary/aromatic N) is 1. The van der Waals surface area contributed by atoms with E-state index in [-0.39, 0.29) is 29.8 Å². The van der Waals surface area contributed by atoms with Crippen molar-refractivity contribution < 1.29 is 19.2 Å². The minimum Gasteiger partial charge on any atom is -0.454 e. The van der Waals surface area contributed by atoms with Crippen molar-refractivity contribution in [3.63, 3.8) is 0 Å². The highest BCUT2D eigenvalue weighted by atomic mass is 16.7. The molecule has 1 atom stereocenters. The van der Waals surface area contributed by atoms with Gasteiger partial charge in [-0.25, -0.2) is 0 Å². The first-order chi connectivity index (χ1) is 9.40. The van der Waals surface area contributed by atoms with Crippen LogP contribution in [0.1, 0.15) is 13.8 Å². The highest BCUT2D eigenvalue weighted by Crippen LogP contribution is 2.40. The Labute approximate surface area is 115 Å². The molecule has 8 heteroatoms. The summed E-state index contributed by atoms with van der Waals surface area (Å²) in [5, 5.41) is 13.5. The van der Waals surface area contributed by atoms with Crippen LogP contribution in [0.2, 0.25) is 0 Å². The Balaban J connectivity index is 2.31. The van der Waals surface area contributed by atoms with E-state index in [4.69, 9.17) is 15.2 Å². The zero-order chi connectivity index (χ0) is 14.9. The molecule has 1 aliphatic rings. The number of nitro groups is 1. The van der Waals surface area contributed by atoms with Crippen LogP contribution in [-0.4, -0.2) is 23.7 Å². The molecule has 0 radical (unpaired) electrons. The minimum absolute atomic E-state index is 0.00457. The van der Waals surface area contributed by atoms with Crippen LogP contribution in [0.3, 0.4) is 0 Å². The van der Waals surface area contributed by atoms with E-state index in [0.29, 0.717) is 5.75 Å². The average molecular weight is 281 g/mol. The molecule has 20 heavy (non-hydrogen) atoms. The van der Waals surface area contributed by atoms with Crippen LogP contribution < -0.4 is 20.5 Å². The number of carbonyl (C=O) groups is 1. The quantitative estimate of drug-likeness (QED) is 0.633. The number of nitrogens with two attached hydrogens (primary N) is 1. The molecule has 0 spiro atoms. The fourth-order valence-corrected chi connectivity index (χ4v) is 1.70. The van der Waals surface area contributed by atoms with E-state index in [0.717, 1.165) is 0 Å². The number of benzene rings is 1. The maximum atomic E-state index is 11.9. The van der Waals surface area contributed by atoms with Crippen LogP contribution in [0, 0.1) is 16.0 Å². The Morgan fingerprint density at radius 3 is 2.55 bits per heavy atom. The zero-order valence-electron chi connectivity index (χ0n) is 11.1. The summed E-state index contributed by atoms with van der Waals surface area (Å²) >= 11 is 0. The molecule has 1 amide bonds. The zero-order valence-corrected chi connectivity index (χ0v) is 11.1. The first kappa shape index (κ1) is 14.1. The van der Waals surface area contributed by atoms with E-state index in [2.05, 4.69) is 5.32 Å². The summed E-state index contributed by atoms with van der Waals surface area (Å²) in [7, 11) is 0. The molecule has 0 aliphatic carbocycles. The number of hydrogen-bond acceptors (Lipinski definition) is 6. The summed E-state index contributed by atoms with van der Waals surface area (Å²) in [6.45, 7) is 3.58. The molecule has 0 fully saturated rings. The number of hydrogen-bond donors (Lipinski definition) is 2. The van der Waals surface area contributed by atoms with Gasteiger partial charge in [-0.1, -0.05) is 13.8 Å². The van der Waals surface area contributed by atoms with Crippen molar-refractivity contribution in [2.75, 3.05) is 12.1 Å². The van der Waals surface area contributed by atoms with Crippen molar-refractivity contribution in [3.05, 3.63) is 22.2 Å². The predicted octanol–water partition coefficient (Wildman–Crippen LogP) is 1.25. The first-order valence-electron chi connectivity index (χ1n) is 6.04. The maximum Gasteiger partial charge on any atom is 0.296 e. The average Bonchev–Trinajstić information content (AvgIpc) is 2.83. The van der Waals surface area contributed by atoms with Crippen molar-refractivity contribution in [2.24, 2.45) is 11.7 Å². The third kappa shape index (κ3) is 2.64. The lowest BCUT2D eigenvalue weighted by Gasteiger charge is -2.15. The molecule has 3 N–H and O–H groups in total. The normalized spacial score (nSPS) is 14.2. The van der Waals surface area contributed by atoms with Crippen LogP contribution in [0.15, 0.2) is 12.1 Å². The number of amides is 1. The molecular formula is C12H15N3O5. The van der Waals surface area contributed by atoms with Gasteiger partial charge in [0.2, 0.25) is 12.7 Å². The lowest BCUT2D eigenvalue weighted by Crippen LogP contribution is -2.39. The smallest absolute Gasteiger partial charge is 0.296 e. The molecule has 2 rings (SSSR count). The highest BCUT2D eigenvalue weighted by molar-refractivity contribution is 5.97. The fraction of sp³-hybridized carbons (Fsp3) is 0.417. The van der Waals surface area contributed by atoms with Gasteiger partial charge in [0.05, 0.1) is 17.0 Å². The summed E-state index contributed by atoms with van der Waals surface area (Å²) in [6, 6.07) is 1.84. The minimum atomic E-state index is -0.750. The van der Waals surface area contributed by atoms with E-state index in [9.17, 15) is 14.9 Å². The Morgan fingerprint density at radius 1 is 1.40 bits per heavy atom. The van der Waals surface area contributed by atoms with Crippen molar-refractivity contribution in [3.8, 4) is 11.5 Å². The van der Waals surface area contributed by atoms with Crippen LogP contribution >= 0.6 is 0 Å². The van der Waals surface area contributed by atoms with Gasteiger partial charge >= 0.3 is 0 Å². The third-order valence-corrected chi connectivity index (χ3v) is 2.97. The second-order valence-electron chi connectivity index (χ2n) is 4.74. The van der Waals surface area contributed by atoms with E-state index in [1.54, 1.807) is 13.8 Å². The Bertz CT molecular complexity index is 558. The van der Waals surface area contributed by atoms with E-state index >= 15 is 0 Å². The first-order valence-corrected chi connectivity index (χ1v) is 6.04. The van der Waals surface area contributed by atoms with Crippen LogP contribution in [-0.2, 0) is 4.79 Å². The second-order valence-corrected chi connectivity index (χ2v) is 4.74. The van der Waals surface area contributed by atoms with E-state index < -0.39 is 16.9 Å². The summed E-state index contributed by atoms with van der Waals surface area (Å²) in [6.07, 6.45) is 0. The number of fused-ring (bicyclic) bond motifs is 1. The molecule has 0 bridgehead atoms. The molecule has 1 heterocycles. The van der Waals surface area contributed by atoms with Gasteiger partial charge in [0.25, 0.3) is 5.69 Å². The number of nitro benzene ring substituents is 1. The molecule has 0 aromatic heterocycles. The van der Waals surface area contributed by atoms with Crippen molar-refractivity contribution in [1.82, 2.24) is 0 Å². The topological polar surface area (TPSA) is 117 Å². The molecule has 0 saturated carbocycles. The summed E-state index contributed by atoms with van der Waals surface area (Å²) in [4.78, 5) is 22.3. The van der Waals surface area contributed by atoms with E-state index in [1.165, 1.54) is 12.1 Å². The Morgan fingerprint density at radius 2 is 2.00 bits per heavy atom. The van der Waals surface area contributed by atoms with Crippen molar-refractivity contribution >= 4 is 17.3 Å². The molecule has 8 nitrogen and oxygen atoms in total. The Kier molecular flexibility index (Phi) is 3.75. The number of ether oxygens (including phenoxy) is 2. The Hall–Kier alpha value is -2.35. The number of anilines is 1. The van der Waals surface area contributed by atoms with Gasteiger partial charge in [-0.2, -0.15) is 0 Å². The molecule has 108 valence electrons. The molecule has 1 aromatic rings. The molecule has 1 aliphatic heterocycles. The maximum absolute atomic E-state index is 11.9. The van der Waals surface area contributed by atoms with E-state index in [1.807, 2.05) is 0 Å². The van der Waals surface area contributed by atoms with Crippen LogP contribution in [0.25, 0.3) is 0 Å². The largest absolute Gasteiger partial charge is 0.454 e. The number of nitrogens with one attached hydrogen (secondary N) is 1. The van der Waals surface area contributed by atoms with Crippen molar-refractivity contribution in [1.29, 1.82) is 0 Å². The standard InChI is InChI=1S/C12H15N3O5/c1-6(2)11(13)12(16)14-7-3-9-10(20-5-19-9)4-8(7)15(17)18/h3-4,6,11H,5,13H2,1-2H3,(H,14,16). The molecule has 1 aromatic carbocycles. The summed E-state index contributed by atoms with van der Waals surface area (Å²) in [5.41, 5.74) is 5.49. The van der Waals surface area contributed by atoms with Crippen LogP contribution in [0.5, 0.6) is 11.5 Å². The number of rotatable bonds is 4. The number of carbonyl (C=O) groups excluding carboxylic acids is 1. The van der Waals surface area contributed by atoms with Crippen LogP contribution in [0.4, 0.5) is 11.4 Å². The van der Waals surface area contributed by atoms with Gasteiger partial charge in [-0.3, -0.25) is 14.9 Å². The van der Waals surface area contributed by atoms with Gasteiger partial charge in [0.1, 0.15) is 5.69 Å². The molecule has 1 unspecified atom stereocenters. The monoisotopic (exact) mass is 281 g/mol. The SMILES string of the molecule is CC(C)C(N)C(=O)Nc1cc2c(cc1[N+](=O)[O-])OCO2. The van der Waals surface area contributed by atoms with Gasteiger partial charge in [-0.15, -0.1) is 0 Å². The van der Waals surface area contributed by atoms with Crippen molar-refractivity contribution in [2.45, 2.75) is 19.9 Å². The van der Waals surface area contributed by atoms with Gasteiger partial charge in [0.15, 0.2) is 11.5 Å². The molecule has 0 saturated heterocycles. The van der Waals surface area contributed by atoms with Gasteiger partial charge in [-0.05, 0) is 5.92 Å². The summed E-state index contributed by atoms with van der Waals surface area (Å²) in [5.74, 6) is 0.0666. The lowest BCUT2D eigenvalue weighted by molar-refractivity contribution is -0.384. The lowest BCUT2D eigenvalue weighted by atomic mass is 10.0. The highest BCUT2D eigenvalue weighted by Gasteiger charge is 2.26. The van der Waals surface area contributed by atoms with Gasteiger partial charge < -0.3 is 20.5 Å². The summed E-state index contributed by atoms with van der Waals surface area (Å²) < 4.78 is 10.2. The second kappa shape index (κ2) is 5.33.